The molecule has 4 rings (SSSR count). The molecule has 142 valence electrons. The minimum atomic E-state index is 0.0904. The molecule has 0 aromatic heterocycles. The Morgan fingerprint density at radius 1 is 1.19 bits per heavy atom. The number of hydrogen-bond donors (Lipinski definition) is 0. The SMILES string of the molecule is CN(C(=O)Cc1ccccc1)C1CC[C@@]2(CCCO2)CC1N1CCCC1. The molecule has 1 aliphatic carbocycles. The topological polar surface area (TPSA) is 32.8 Å². The van der Waals surface area contributed by atoms with Crippen LogP contribution in [0.1, 0.15) is 50.5 Å². The van der Waals surface area contributed by atoms with Gasteiger partial charge in [-0.3, -0.25) is 9.69 Å². The van der Waals surface area contributed by atoms with Crippen molar-refractivity contribution in [3.63, 3.8) is 0 Å². The molecule has 2 saturated heterocycles. The highest BCUT2D eigenvalue weighted by molar-refractivity contribution is 5.79. The zero-order valence-electron chi connectivity index (χ0n) is 16.0. The Bertz CT molecular complexity index is 606. The first-order chi connectivity index (χ1) is 12.7. The summed E-state index contributed by atoms with van der Waals surface area (Å²) in [5, 5.41) is 0. The molecule has 3 aliphatic rings. The summed E-state index contributed by atoms with van der Waals surface area (Å²) < 4.78 is 6.23. The molecule has 0 radical (unpaired) electrons. The molecule has 1 aromatic rings. The van der Waals surface area contributed by atoms with Crippen molar-refractivity contribution in [3.05, 3.63) is 35.9 Å². The Morgan fingerprint density at radius 3 is 2.65 bits per heavy atom. The van der Waals surface area contributed by atoms with Crippen LogP contribution in [-0.4, -0.2) is 60.1 Å². The summed E-state index contributed by atoms with van der Waals surface area (Å²) in [6.45, 7) is 3.27. The van der Waals surface area contributed by atoms with Gasteiger partial charge >= 0.3 is 0 Å². The predicted molar refractivity (Wildman–Crippen MR) is 103 cm³/mol. The number of benzene rings is 1. The van der Waals surface area contributed by atoms with Gasteiger partial charge < -0.3 is 9.64 Å². The van der Waals surface area contributed by atoms with E-state index in [2.05, 4.69) is 9.80 Å². The van der Waals surface area contributed by atoms with Gasteiger partial charge in [-0.05, 0) is 63.6 Å². The Kier molecular flexibility index (Phi) is 5.32. The quantitative estimate of drug-likeness (QED) is 0.830. The Balaban J connectivity index is 1.48. The van der Waals surface area contributed by atoms with E-state index >= 15 is 0 Å². The van der Waals surface area contributed by atoms with E-state index in [1.165, 1.54) is 38.8 Å². The average molecular weight is 357 g/mol. The van der Waals surface area contributed by atoms with Crippen molar-refractivity contribution in [1.29, 1.82) is 0 Å². The van der Waals surface area contributed by atoms with Gasteiger partial charge in [0, 0.05) is 25.7 Å². The fourth-order valence-corrected chi connectivity index (χ4v) is 5.31. The van der Waals surface area contributed by atoms with Crippen molar-refractivity contribution < 1.29 is 9.53 Å². The number of likely N-dealkylation sites (N-methyl/N-ethyl adjacent to an activating group) is 1. The first-order valence-electron chi connectivity index (χ1n) is 10.3. The van der Waals surface area contributed by atoms with Crippen molar-refractivity contribution in [3.8, 4) is 0 Å². The number of likely N-dealkylation sites (tertiary alicyclic amines) is 1. The maximum absolute atomic E-state index is 13.0. The van der Waals surface area contributed by atoms with Crippen LogP contribution in [0.3, 0.4) is 0 Å². The van der Waals surface area contributed by atoms with Crippen LogP contribution in [0.4, 0.5) is 0 Å². The number of carbonyl (C=O) groups is 1. The van der Waals surface area contributed by atoms with E-state index in [1.807, 2.05) is 37.4 Å². The number of ether oxygens (including phenoxy) is 1. The highest BCUT2D eigenvalue weighted by Crippen LogP contribution is 2.42. The van der Waals surface area contributed by atoms with Crippen molar-refractivity contribution in [2.75, 3.05) is 26.7 Å². The first kappa shape index (κ1) is 18.0. The lowest BCUT2D eigenvalue weighted by molar-refractivity contribution is -0.136. The molecule has 1 spiro atoms. The van der Waals surface area contributed by atoms with Crippen LogP contribution >= 0.6 is 0 Å². The maximum Gasteiger partial charge on any atom is 0.227 e. The fourth-order valence-electron chi connectivity index (χ4n) is 5.31. The Labute approximate surface area is 157 Å². The molecule has 3 atom stereocenters. The van der Waals surface area contributed by atoms with Crippen LogP contribution in [0, 0.1) is 0 Å². The zero-order chi connectivity index (χ0) is 18.0. The van der Waals surface area contributed by atoms with Crippen LogP contribution in [-0.2, 0) is 16.0 Å². The molecule has 1 amide bonds. The van der Waals surface area contributed by atoms with Gasteiger partial charge in [0.15, 0.2) is 0 Å². The van der Waals surface area contributed by atoms with E-state index in [9.17, 15) is 4.79 Å². The first-order valence-corrected chi connectivity index (χ1v) is 10.3. The summed E-state index contributed by atoms with van der Waals surface area (Å²) in [5.41, 5.74) is 1.20. The third-order valence-electron chi connectivity index (χ3n) is 6.80. The van der Waals surface area contributed by atoms with Crippen molar-refractivity contribution >= 4 is 5.91 Å². The zero-order valence-corrected chi connectivity index (χ0v) is 16.0. The van der Waals surface area contributed by atoms with Gasteiger partial charge in [-0.25, -0.2) is 0 Å². The molecule has 4 heteroatoms. The lowest BCUT2D eigenvalue weighted by atomic mass is 9.76. The lowest BCUT2D eigenvalue weighted by Gasteiger charge is -2.48. The molecular weight excluding hydrogens is 324 g/mol. The van der Waals surface area contributed by atoms with Crippen LogP contribution in [0.5, 0.6) is 0 Å². The third-order valence-corrected chi connectivity index (χ3v) is 6.80. The van der Waals surface area contributed by atoms with E-state index in [0.29, 0.717) is 18.5 Å². The van der Waals surface area contributed by atoms with Gasteiger partial charge in [-0.2, -0.15) is 0 Å². The summed E-state index contributed by atoms with van der Waals surface area (Å²) in [6, 6.07) is 10.9. The second-order valence-corrected chi connectivity index (χ2v) is 8.42. The van der Waals surface area contributed by atoms with Crippen LogP contribution in [0.15, 0.2) is 30.3 Å². The van der Waals surface area contributed by atoms with Crippen molar-refractivity contribution in [1.82, 2.24) is 9.80 Å². The number of hydrogen-bond acceptors (Lipinski definition) is 3. The number of nitrogens with zero attached hydrogens (tertiary/aromatic N) is 2. The number of carbonyl (C=O) groups excluding carboxylic acids is 1. The van der Waals surface area contributed by atoms with Crippen molar-refractivity contribution in [2.24, 2.45) is 0 Å². The molecule has 1 saturated carbocycles. The molecular formula is C22H32N2O2. The Hall–Kier alpha value is -1.39. The van der Waals surface area contributed by atoms with Crippen LogP contribution < -0.4 is 0 Å². The van der Waals surface area contributed by atoms with E-state index in [0.717, 1.165) is 31.4 Å². The van der Waals surface area contributed by atoms with Gasteiger partial charge in [0.05, 0.1) is 12.0 Å². The van der Waals surface area contributed by atoms with Crippen LogP contribution in [0.25, 0.3) is 0 Å². The minimum Gasteiger partial charge on any atom is -0.375 e. The molecule has 4 nitrogen and oxygen atoms in total. The largest absolute Gasteiger partial charge is 0.375 e. The molecule has 2 unspecified atom stereocenters. The van der Waals surface area contributed by atoms with E-state index in [1.54, 1.807) is 0 Å². The molecule has 26 heavy (non-hydrogen) atoms. The molecule has 2 heterocycles. The van der Waals surface area contributed by atoms with Crippen molar-refractivity contribution in [2.45, 2.75) is 69.1 Å². The molecule has 0 N–H and O–H groups in total. The summed E-state index contributed by atoms with van der Waals surface area (Å²) in [7, 11) is 2.02. The summed E-state index contributed by atoms with van der Waals surface area (Å²) >= 11 is 0. The third kappa shape index (κ3) is 3.67. The molecule has 0 bridgehead atoms. The highest BCUT2D eigenvalue weighted by Gasteiger charge is 2.47. The monoisotopic (exact) mass is 356 g/mol. The van der Waals surface area contributed by atoms with Gasteiger partial charge in [0.2, 0.25) is 5.91 Å². The van der Waals surface area contributed by atoms with Gasteiger partial charge in [0.1, 0.15) is 0 Å². The second kappa shape index (κ2) is 7.69. The van der Waals surface area contributed by atoms with E-state index < -0.39 is 0 Å². The summed E-state index contributed by atoms with van der Waals surface area (Å²) in [4.78, 5) is 17.7. The standard InChI is InChI=1S/C22H32N2O2/c1-23(21(25)16-18-8-3-2-4-9-18)19-10-12-22(11-7-15-26-22)17-20(19)24-13-5-6-14-24/h2-4,8-9,19-20H,5-7,10-17H2,1H3/t19?,20?,22-/m0/s1. The fraction of sp³-hybridized carbons (Fsp3) is 0.682. The number of amides is 1. The highest BCUT2D eigenvalue weighted by atomic mass is 16.5. The van der Waals surface area contributed by atoms with Crippen LogP contribution in [0.2, 0.25) is 0 Å². The van der Waals surface area contributed by atoms with Gasteiger partial charge in [-0.15, -0.1) is 0 Å². The predicted octanol–water partition coefficient (Wildman–Crippen LogP) is 3.25. The van der Waals surface area contributed by atoms with Gasteiger partial charge in [0.25, 0.3) is 0 Å². The van der Waals surface area contributed by atoms with E-state index in [4.69, 9.17) is 4.74 Å². The minimum absolute atomic E-state index is 0.0904. The average Bonchev–Trinajstić information content (AvgIpc) is 3.34. The second-order valence-electron chi connectivity index (χ2n) is 8.42. The number of rotatable bonds is 4. The smallest absolute Gasteiger partial charge is 0.227 e. The summed E-state index contributed by atoms with van der Waals surface area (Å²) in [5.74, 6) is 0.244. The lowest BCUT2D eigenvalue weighted by Crippen LogP contribution is -2.58. The molecule has 1 aromatic carbocycles. The van der Waals surface area contributed by atoms with E-state index in [-0.39, 0.29) is 11.5 Å². The molecule has 3 fully saturated rings. The molecule has 2 aliphatic heterocycles. The Morgan fingerprint density at radius 2 is 1.96 bits per heavy atom. The van der Waals surface area contributed by atoms with Gasteiger partial charge in [-0.1, -0.05) is 30.3 Å². The maximum atomic E-state index is 13.0. The normalized spacial score (nSPS) is 32.2. The summed E-state index contributed by atoms with van der Waals surface area (Å²) in [6.07, 6.45) is 8.75.